The molecule has 0 aliphatic heterocycles. The third kappa shape index (κ3) is 4.02. The highest BCUT2D eigenvalue weighted by molar-refractivity contribution is 5.38. The number of nitrogens with one attached hydrogen (secondary N) is 1. The number of ether oxygens (including phenoxy) is 2. The second-order valence-electron chi connectivity index (χ2n) is 3.23. The van der Waals surface area contributed by atoms with Crippen LogP contribution in [0.3, 0.4) is 0 Å². The van der Waals surface area contributed by atoms with E-state index in [9.17, 15) is 0 Å². The van der Waals surface area contributed by atoms with Crippen LogP contribution >= 0.6 is 0 Å². The van der Waals surface area contributed by atoms with Gasteiger partial charge in [-0.3, -0.25) is 0 Å². The lowest BCUT2D eigenvalue weighted by molar-refractivity contribution is 0.143. The average molecular weight is 225 g/mol. The number of rotatable bonds is 7. The van der Waals surface area contributed by atoms with Gasteiger partial charge in [0.1, 0.15) is 18.2 Å². The zero-order valence-corrected chi connectivity index (χ0v) is 10.1. The molecule has 0 fully saturated rings. The van der Waals surface area contributed by atoms with Crippen molar-refractivity contribution in [1.82, 2.24) is 9.97 Å². The summed E-state index contributed by atoms with van der Waals surface area (Å²) in [6.45, 7) is 5.94. The van der Waals surface area contributed by atoms with E-state index in [4.69, 9.17) is 9.47 Å². The summed E-state index contributed by atoms with van der Waals surface area (Å²) in [5, 5.41) is 3.15. The van der Waals surface area contributed by atoms with Gasteiger partial charge in [0, 0.05) is 26.1 Å². The lowest BCUT2D eigenvalue weighted by Crippen LogP contribution is -2.09. The topological polar surface area (TPSA) is 56.3 Å². The first kappa shape index (κ1) is 12.7. The van der Waals surface area contributed by atoms with Crippen LogP contribution in [0.4, 0.5) is 5.82 Å². The van der Waals surface area contributed by atoms with E-state index < -0.39 is 0 Å². The molecule has 0 bridgehead atoms. The van der Waals surface area contributed by atoms with Gasteiger partial charge in [-0.15, -0.1) is 0 Å². The predicted octanol–water partition coefficient (Wildman–Crippen LogP) is 1.50. The van der Waals surface area contributed by atoms with Crippen LogP contribution in [0, 0.1) is 0 Å². The SMILES string of the molecule is CCNc1cc(OCCOC)nc(CC)n1. The van der Waals surface area contributed by atoms with Gasteiger partial charge in [0.25, 0.3) is 0 Å². The lowest BCUT2D eigenvalue weighted by atomic mass is 10.4. The number of hydrogen-bond acceptors (Lipinski definition) is 5. The zero-order chi connectivity index (χ0) is 11.8. The molecule has 1 heterocycles. The summed E-state index contributed by atoms with van der Waals surface area (Å²) in [4.78, 5) is 8.61. The second-order valence-corrected chi connectivity index (χ2v) is 3.23. The summed E-state index contributed by atoms with van der Waals surface area (Å²) < 4.78 is 10.4. The Morgan fingerprint density at radius 1 is 1.25 bits per heavy atom. The number of aryl methyl sites for hydroxylation is 1. The van der Waals surface area contributed by atoms with Crippen molar-refractivity contribution in [1.29, 1.82) is 0 Å². The number of methoxy groups -OCH3 is 1. The van der Waals surface area contributed by atoms with Crippen LogP contribution < -0.4 is 10.1 Å². The van der Waals surface area contributed by atoms with E-state index in [1.54, 1.807) is 13.2 Å². The molecule has 16 heavy (non-hydrogen) atoms. The van der Waals surface area contributed by atoms with Gasteiger partial charge in [-0.1, -0.05) is 6.92 Å². The third-order valence-electron chi connectivity index (χ3n) is 1.96. The van der Waals surface area contributed by atoms with Gasteiger partial charge in [0.2, 0.25) is 5.88 Å². The fraction of sp³-hybridized carbons (Fsp3) is 0.636. The molecule has 0 amide bonds. The number of nitrogens with zero attached hydrogens (tertiary/aromatic N) is 2. The maximum Gasteiger partial charge on any atom is 0.218 e. The Labute approximate surface area is 96.2 Å². The number of hydrogen-bond donors (Lipinski definition) is 1. The van der Waals surface area contributed by atoms with E-state index in [1.165, 1.54) is 0 Å². The molecule has 90 valence electrons. The fourth-order valence-electron chi connectivity index (χ4n) is 1.21. The van der Waals surface area contributed by atoms with Crippen molar-refractivity contribution < 1.29 is 9.47 Å². The van der Waals surface area contributed by atoms with Gasteiger partial charge in [-0.2, -0.15) is 4.98 Å². The fourth-order valence-corrected chi connectivity index (χ4v) is 1.21. The smallest absolute Gasteiger partial charge is 0.218 e. The molecule has 0 aliphatic rings. The first-order valence-corrected chi connectivity index (χ1v) is 5.53. The highest BCUT2D eigenvalue weighted by Gasteiger charge is 2.03. The molecule has 0 aromatic carbocycles. The van der Waals surface area contributed by atoms with Crippen LogP contribution in [0.1, 0.15) is 19.7 Å². The quantitative estimate of drug-likeness (QED) is 0.713. The van der Waals surface area contributed by atoms with Crippen LogP contribution in [-0.2, 0) is 11.2 Å². The number of anilines is 1. The highest BCUT2D eigenvalue weighted by Crippen LogP contribution is 2.13. The largest absolute Gasteiger partial charge is 0.475 e. The molecule has 1 rings (SSSR count). The van der Waals surface area contributed by atoms with Crippen molar-refractivity contribution in [3.05, 3.63) is 11.9 Å². The van der Waals surface area contributed by atoms with Gasteiger partial charge in [0.05, 0.1) is 6.61 Å². The maximum atomic E-state index is 5.46. The van der Waals surface area contributed by atoms with Crippen LogP contribution in [0.5, 0.6) is 5.88 Å². The monoisotopic (exact) mass is 225 g/mol. The predicted molar refractivity (Wildman–Crippen MR) is 62.9 cm³/mol. The van der Waals surface area contributed by atoms with Crippen molar-refractivity contribution >= 4 is 5.82 Å². The highest BCUT2D eigenvalue weighted by atomic mass is 16.5. The van der Waals surface area contributed by atoms with Gasteiger partial charge in [-0.25, -0.2) is 4.98 Å². The maximum absolute atomic E-state index is 5.46. The Morgan fingerprint density at radius 2 is 2.06 bits per heavy atom. The van der Waals surface area contributed by atoms with Crippen LogP contribution in [-0.4, -0.2) is 36.8 Å². The molecule has 0 saturated carbocycles. The zero-order valence-electron chi connectivity index (χ0n) is 10.1. The minimum atomic E-state index is 0.502. The van der Waals surface area contributed by atoms with Crippen molar-refractivity contribution in [2.45, 2.75) is 20.3 Å². The van der Waals surface area contributed by atoms with Gasteiger partial charge in [-0.05, 0) is 6.92 Å². The molecule has 0 aliphatic carbocycles. The molecule has 0 radical (unpaired) electrons. The van der Waals surface area contributed by atoms with E-state index >= 15 is 0 Å². The van der Waals surface area contributed by atoms with E-state index in [0.717, 1.165) is 24.6 Å². The van der Waals surface area contributed by atoms with Crippen molar-refractivity contribution in [2.24, 2.45) is 0 Å². The summed E-state index contributed by atoms with van der Waals surface area (Å²) in [5.74, 6) is 2.19. The molecule has 0 unspecified atom stereocenters. The molecule has 1 aromatic heterocycles. The van der Waals surface area contributed by atoms with Crippen LogP contribution in [0.25, 0.3) is 0 Å². The molecule has 0 atom stereocenters. The van der Waals surface area contributed by atoms with Gasteiger partial charge in [0.15, 0.2) is 0 Å². The minimum absolute atomic E-state index is 0.502. The molecule has 0 spiro atoms. The first-order chi connectivity index (χ1) is 7.80. The molecule has 1 aromatic rings. The second kappa shape index (κ2) is 7.00. The molecule has 0 saturated heterocycles. The van der Waals surface area contributed by atoms with Crippen molar-refractivity contribution in [2.75, 3.05) is 32.2 Å². The molecule has 5 nitrogen and oxygen atoms in total. The van der Waals surface area contributed by atoms with Gasteiger partial charge >= 0.3 is 0 Å². The normalized spacial score (nSPS) is 10.2. The molecular weight excluding hydrogens is 206 g/mol. The lowest BCUT2D eigenvalue weighted by Gasteiger charge is -2.09. The molecule has 5 heteroatoms. The summed E-state index contributed by atoms with van der Waals surface area (Å²) in [7, 11) is 1.64. The summed E-state index contributed by atoms with van der Waals surface area (Å²) in [6, 6.07) is 1.80. The third-order valence-corrected chi connectivity index (χ3v) is 1.96. The average Bonchev–Trinajstić information content (AvgIpc) is 2.29. The van der Waals surface area contributed by atoms with Gasteiger partial charge < -0.3 is 14.8 Å². The van der Waals surface area contributed by atoms with Crippen LogP contribution in [0.2, 0.25) is 0 Å². The standard InChI is InChI=1S/C11H19N3O2/c1-4-9-13-10(12-5-2)8-11(14-9)16-7-6-15-3/h8H,4-7H2,1-3H3,(H,12,13,14). The number of aromatic nitrogens is 2. The first-order valence-electron chi connectivity index (χ1n) is 5.53. The minimum Gasteiger partial charge on any atom is -0.475 e. The van der Waals surface area contributed by atoms with E-state index in [2.05, 4.69) is 15.3 Å². The van der Waals surface area contributed by atoms with E-state index in [1.807, 2.05) is 13.8 Å². The van der Waals surface area contributed by atoms with Crippen molar-refractivity contribution in [3.63, 3.8) is 0 Å². The Balaban J connectivity index is 2.69. The molecule has 1 N–H and O–H groups in total. The Kier molecular flexibility index (Phi) is 5.56. The Hall–Kier alpha value is -1.36. The summed E-state index contributed by atoms with van der Waals surface area (Å²) in [6.07, 6.45) is 0.792. The summed E-state index contributed by atoms with van der Waals surface area (Å²) >= 11 is 0. The van der Waals surface area contributed by atoms with Crippen molar-refractivity contribution in [3.8, 4) is 5.88 Å². The Bertz CT molecular complexity index is 318. The van der Waals surface area contributed by atoms with E-state index in [-0.39, 0.29) is 0 Å². The Morgan fingerprint density at radius 3 is 2.69 bits per heavy atom. The molecular formula is C11H19N3O2. The van der Waals surface area contributed by atoms with E-state index in [0.29, 0.717) is 19.1 Å². The summed E-state index contributed by atoms with van der Waals surface area (Å²) in [5.41, 5.74) is 0. The van der Waals surface area contributed by atoms with Crippen LogP contribution in [0.15, 0.2) is 6.07 Å².